The van der Waals surface area contributed by atoms with E-state index in [2.05, 4.69) is 14.8 Å². The van der Waals surface area contributed by atoms with Crippen LogP contribution in [0.15, 0.2) is 24.4 Å². The molecule has 0 unspecified atom stereocenters. The molecule has 1 aromatic rings. The number of rotatable bonds is 5. The maximum Gasteiger partial charge on any atom is 0.228 e. The number of methoxy groups -OCH3 is 1. The van der Waals surface area contributed by atoms with Crippen LogP contribution < -0.4 is 0 Å². The highest BCUT2D eigenvalue weighted by Gasteiger charge is 2.46. The lowest BCUT2D eigenvalue weighted by molar-refractivity contribution is -0.138. The molecular formula is C19H27N3O2. The fourth-order valence-electron chi connectivity index (χ4n) is 4.41. The molecule has 5 heteroatoms. The largest absolute Gasteiger partial charge is 0.381 e. The Bertz CT molecular complexity index is 575. The predicted molar refractivity (Wildman–Crippen MR) is 91.5 cm³/mol. The van der Waals surface area contributed by atoms with Crippen molar-refractivity contribution in [3.63, 3.8) is 0 Å². The van der Waals surface area contributed by atoms with Gasteiger partial charge in [0, 0.05) is 51.1 Å². The number of ether oxygens (including phenoxy) is 1. The lowest BCUT2D eigenvalue weighted by Gasteiger charge is -2.41. The number of fused-ring (bicyclic) bond motifs is 1. The summed E-state index contributed by atoms with van der Waals surface area (Å²) in [5.74, 6) is 1.56. The van der Waals surface area contributed by atoms with Crippen LogP contribution >= 0.6 is 0 Å². The zero-order valence-electron chi connectivity index (χ0n) is 14.4. The van der Waals surface area contributed by atoms with Crippen LogP contribution in [0, 0.1) is 11.8 Å². The Morgan fingerprint density at radius 2 is 2.17 bits per heavy atom. The number of hydrogen-bond acceptors (Lipinski definition) is 4. The molecule has 0 radical (unpaired) electrons. The van der Waals surface area contributed by atoms with Gasteiger partial charge in [-0.2, -0.15) is 0 Å². The molecule has 1 aliphatic carbocycles. The third-order valence-electron chi connectivity index (χ3n) is 5.84. The number of carbonyl (C=O) groups excluding carboxylic acids is 1. The van der Waals surface area contributed by atoms with Crippen molar-refractivity contribution in [1.29, 1.82) is 0 Å². The summed E-state index contributed by atoms with van der Waals surface area (Å²) in [5.41, 5.74) is 0.862. The van der Waals surface area contributed by atoms with Crippen LogP contribution in [-0.2, 0) is 16.0 Å². The molecule has 1 amide bonds. The fraction of sp³-hybridized carbons (Fsp3) is 0.684. The Hall–Kier alpha value is -1.46. The summed E-state index contributed by atoms with van der Waals surface area (Å²) in [4.78, 5) is 21.9. The first kappa shape index (κ1) is 16.0. The van der Waals surface area contributed by atoms with Crippen molar-refractivity contribution in [2.24, 2.45) is 11.8 Å². The van der Waals surface area contributed by atoms with Crippen LogP contribution in [0.3, 0.4) is 0 Å². The summed E-state index contributed by atoms with van der Waals surface area (Å²) in [6, 6.07) is 6.08. The summed E-state index contributed by atoms with van der Waals surface area (Å²) >= 11 is 0. The quantitative estimate of drug-likeness (QED) is 0.823. The molecule has 0 N–H and O–H groups in total. The molecule has 5 nitrogen and oxygen atoms in total. The predicted octanol–water partition coefficient (Wildman–Crippen LogP) is 1.58. The Morgan fingerprint density at radius 3 is 2.88 bits per heavy atom. The van der Waals surface area contributed by atoms with E-state index in [1.165, 1.54) is 19.4 Å². The molecule has 0 aromatic carbocycles. The zero-order chi connectivity index (χ0) is 16.5. The van der Waals surface area contributed by atoms with Crippen LogP contribution in [0.1, 0.15) is 25.0 Å². The molecule has 2 aliphatic heterocycles. The van der Waals surface area contributed by atoms with Crippen LogP contribution in [0.4, 0.5) is 0 Å². The monoisotopic (exact) mass is 329 g/mol. The van der Waals surface area contributed by atoms with Gasteiger partial charge in [-0.1, -0.05) is 6.07 Å². The highest BCUT2D eigenvalue weighted by atomic mass is 16.5. The molecule has 24 heavy (non-hydrogen) atoms. The molecule has 1 saturated carbocycles. The van der Waals surface area contributed by atoms with E-state index in [1.807, 2.05) is 25.3 Å². The molecule has 130 valence electrons. The number of amides is 1. The molecule has 1 aromatic heterocycles. The third kappa shape index (κ3) is 3.33. The van der Waals surface area contributed by atoms with E-state index in [-0.39, 0.29) is 12.0 Å². The second-order valence-electron chi connectivity index (χ2n) is 7.54. The van der Waals surface area contributed by atoms with E-state index in [0.717, 1.165) is 37.7 Å². The number of piperidine rings is 1. The van der Waals surface area contributed by atoms with Crippen molar-refractivity contribution in [2.75, 3.05) is 33.3 Å². The van der Waals surface area contributed by atoms with Crippen molar-refractivity contribution in [2.45, 2.75) is 37.8 Å². The van der Waals surface area contributed by atoms with Crippen LogP contribution in [0.2, 0.25) is 0 Å². The number of carbonyl (C=O) groups is 1. The lowest BCUT2D eigenvalue weighted by atomic mass is 9.88. The van der Waals surface area contributed by atoms with Crippen molar-refractivity contribution in [3.8, 4) is 0 Å². The van der Waals surface area contributed by atoms with Crippen LogP contribution in [0.5, 0.6) is 0 Å². The van der Waals surface area contributed by atoms with E-state index in [4.69, 9.17) is 4.74 Å². The summed E-state index contributed by atoms with van der Waals surface area (Å²) in [5, 5.41) is 0. The normalized spacial score (nSPS) is 30.4. The number of likely N-dealkylation sites (tertiary alicyclic amines) is 2. The van der Waals surface area contributed by atoms with Crippen molar-refractivity contribution < 1.29 is 9.53 Å². The van der Waals surface area contributed by atoms with Crippen molar-refractivity contribution in [3.05, 3.63) is 30.1 Å². The minimum absolute atomic E-state index is 0.214. The van der Waals surface area contributed by atoms with Gasteiger partial charge in [-0.15, -0.1) is 0 Å². The summed E-state index contributed by atoms with van der Waals surface area (Å²) in [7, 11) is 1.82. The Morgan fingerprint density at radius 1 is 1.29 bits per heavy atom. The smallest absolute Gasteiger partial charge is 0.228 e. The third-order valence-corrected chi connectivity index (χ3v) is 5.84. The van der Waals surface area contributed by atoms with E-state index in [9.17, 15) is 4.79 Å². The minimum Gasteiger partial charge on any atom is -0.381 e. The van der Waals surface area contributed by atoms with Gasteiger partial charge in [0.15, 0.2) is 0 Å². The van der Waals surface area contributed by atoms with E-state index < -0.39 is 0 Å². The highest BCUT2D eigenvalue weighted by molar-refractivity contribution is 5.79. The number of nitrogens with zero attached hydrogens (tertiary/aromatic N) is 3. The topological polar surface area (TPSA) is 45.7 Å². The van der Waals surface area contributed by atoms with E-state index >= 15 is 0 Å². The van der Waals surface area contributed by atoms with Gasteiger partial charge in [-0.05, 0) is 37.3 Å². The first-order valence-corrected chi connectivity index (χ1v) is 9.19. The maximum absolute atomic E-state index is 12.9. The number of aromatic nitrogens is 1. The molecule has 0 spiro atoms. The SMILES string of the molecule is CO[C@@H]1CCN(C(=O)Cc2ccccn2)[C@@H]2CN(CC3CC3)C[C@@H]21. The molecule has 3 fully saturated rings. The lowest BCUT2D eigenvalue weighted by Crippen LogP contribution is -2.54. The van der Waals surface area contributed by atoms with E-state index in [1.54, 1.807) is 6.20 Å². The number of hydrogen-bond donors (Lipinski definition) is 0. The van der Waals surface area contributed by atoms with Crippen molar-refractivity contribution in [1.82, 2.24) is 14.8 Å². The van der Waals surface area contributed by atoms with Crippen molar-refractivity contribution >= 4 is 5.91 Å². The van der Waals surface area contributed by atoms with Gasteiger partial charge in [0.25, 0.3) is 0 Å². The van der Waals surface area contributed by atoms with Gasteiger partial charge in [-0.25, -0.2) is 0 Å². The Labute approximate surface area is 144 Å². The molecule has 2 saturated heterocycles. The van der Waals surface area contributed by atoms with Crippen LogP contribution in [-0.4, -0.2) is 66.1 Å². The minimum atomic E-state index is 0.214. The first-order valence-electron chi connectivity index (χ1n) is 9.19. The van der Waals surface area contributed by atoms with Crippen LogP contribution in [0.25, 0.3) is 0 Å². The summed E-state index contributed by atoms with van der Waals surface area (Å²) in [6.45, 7) is 4.09. The van der Waals surface area contributed by atoms with Gasteiger partial charge in [0.2, 0.25) is 5.91 Å². The Kier molecular flexibility index (Phi) is 4.55. The first-order chi connectivity index (χ1) is 11.7. The second-order valence-corrected chi connectivity index (χ2v) is 7.54. The molecule has 0 bridgehead atoms. The fourth-order valence-corrected chi connectivity index (χ4v) is 4.41. The summed E-state index contributed by atoms with van der Waals surface area (Å²) < 4.78 is 5.74. The average molecular weight is 329 g/mol. The summed E-state index contributed by atoms with van der Waals surface area (Å²) in [6.07, 6.45) is 6.16. The zero-order valence-corrected chi connectivity index (χ0v) is 14.4. The van der Waals surface area contributed by atoms with Gasteiger partial charge in [0.05, 0.1) is 18.6 Å². The van der Waals surface area contributed by atoms with Gasteiger partial charge in [-0.3, -0.25) is 9.78 Å². The van der Waals surface area contributed by atoms with Gasteiger partial charge in [0.1, 0.15) is 0 Å². The molecule has 4 rings (SSSR count). The standard InChI is InChI=1S/C19H27N3O2/c1-24-18-7-9-22(19(23)10-15-4-2-3-8-20-15)17-13-21(12-16(17)18)11-14-5-6-14/h2-4,8,14,16-18H,5-7,9-13H2,1H3/t16-,17+,18+/m0/s1. The van der Waals surface area contributed by atoms with Gasteiger partial charge < -0.3 is 14.5 Å². The molecular weight excluding hydrogens is 302 g/mol. The Balaban J connectivity index is 1.45. The second kappa shape index (κ2) is 6.81. The average Bonchev–Trinajstić information content (AvgIpc) is 3.31. The number of pyridine rings is 1. The maximum atomic E-state index is 12.9. The highest BCUT2D eigenvalue weighted by Crippen LogP contribution is 2.36. The van der Waals surface area contributed by atoms with Gasteiger partial charge >= 0.3 is 0 Å². The van der Waals surface area contributed by atoms with E-state index in [0.29, 0.717) is 18.4 Å². The molecule has 3 heterocycles. The molecule has 3 aliphatic rings. The molecule has 3 atom stereocenters.